The van der Waals surface area contributed by atoms with Gasteiger partial charge in [-0.1, -0.05) is 6.07 Å². The van der Waals surface area contributed by atoms with Gasteiger partial charge in [0.15, 0.2) is 0 Å². The first-order valence-corrected chi connectivity index (χ1v) is 8.14. The molecule has 1 saturated carbocycles. The zero-order valence-electron chi connectivity index (χ0n) is 12.6. The maximum atomic E-state index is 5.95. The molecule has 0 aliphatic heterocycles. The predicted molar refractivity (Wildman–Crippen MR) is 88.2 cm³/mol. The molecule has 1 aliphatic rings. The Morgan fingerprint density at radius 1 is 1.40 bits per heavy atom. The Morgan fingerprint density at radius 2 is 2.10 bits per heavy atom. The Bertz CT molecular complexity index is 446. The van der Waals surface area contributed by atoms with Crippen LogP contribution < -0.4 is 10.6 Å². The van der Waals surface area contributed by atoms with Crippen LogP contribution in [-0.2, 0) is 4.74 Å². The summed E-state index contributed by atoms with van der Waals surface area (Å²) in [5, 5.41) is 0. The van der Waals surface area contributed by atoms with Crippen LogP contribution >= 0.6 is 15.9 Å². The number of rotatable bonds is 7. The van der Waals surface area contributed by atoms with E-state index in [1.807, 2.05) is 6.92 Å². The molecular weight excluding hydrogens is 316 g/mol. The molecule has 0 saturated heterocycles. The molecule has 0 aromatic heterocycles. The normalized spacial score (nSPS) is 17.9. The summed E-state index contributed by atoms with van der Waals surface area (Å²) in [6.07, 6.45) is 2.69. The van der Waals surface area contributed by atoms with Crippen molar-refractivity contribution in [2.75, 3.05) is 25.2 Å². The van der Waals surface area contributed by atoms with Crippen molar-refractivity contribution in [1.29, 1.82) is 0 Å². The largest absolute Gasteiger partial charge is 0.383 e. The van der Waals surface area contributed by atoms with Crippen LogP contribution in [0, 0.1) is 5.92 Å². The van der Waals surface area contributed by atoms with Gasteiger partial charge in [-0.05, 0) is 66.2 Å². The van der Waals surface area contributed by atoms with Crippen molar-refractivity contribution in [2.24, 2.45) is 11.7 Å². The van der Waals surface area contributed by atoms with Crippen LogP contribution in [0.25, 0.3) is 0 Å². The molecule has 112 valence electrons. The maximum absolute atomic E-state index is 5.95. The van der Waals surface area contributed by atoms with Crippen molar-refractivity contribution in [1.82, 2.24) is 0 Å². The van der Waals surface area contributed by atoms with Gasteiger partial charge in [-0.3, -0.25) is 0 Å². The third-order valence-electron chi connectivity index (χ3n) is 4.14. The van der Waals surface area contributed by atoms with Crippen molar-refractivity contribution >= 4 is 21.6 Å². The fraction of sp³-hybridized carbons (Fsp3) is 0.625. The molecule has 0 amide bonds. The number of methoxy groups -OCH3 is 1. The summed E-state index contributed by atoms with van der Waals surface area (Å²) in [4.78, 5) is 2.45. The van der Waals surface area contributed by atoms with Gasteiger partial charge in [-0.25, -0.2) is 0 Å². The molecule has 0 spiro atoms. The van der Waals surface area contributed by atoms with Gasteiger partial charge in [0.05, 0.1) is 12.3 Å². The van der Waals surface area contributed by atoms with E-state index in [0.717, 1.165) is 29.1 Å². The van der Waals surface area contributed by atoms with Crippen LogP contribution in [0.1, 0.15) is 38.3 Å². The molecule has 2 atom stereocenters. The van der Waals surface area contributed by atoms with Crippen LogP contribution in [-0.4, -0.2) is 26.3 Å². The molecule has 20 heavy (non-hydrogen) atoms. The van der Waals surface area contributed by atoms with Crippen molar-refractivity contribution in [3.8, 4) is 0 Å². The predicted octanol–water partition coefficient (Wildman–Crippen LogP) is 3.72. The van der Waals surface area contributed by atoms with Crippen LogP contribution in [0.3, 0.4) is 0 Å². The highest BCUT2D eigenvalue weighted by molar-refractivity contribution is 9.10. The summed E-state index contributed by atoms with van der Waals surface area (Å²) >= 11 is 3.71. The maximum Gasteiger partial charge on any atom is 0.0637 e. The van der Waals surface area contributed by atoms with Gasteiger partial charge in [0.1, 0.15) is 0 Å². The first kappa shape index (κ1) is 15.8. The molecule has 1 fully saturated rings. The molecule has 4 heteroatoms. The van der Waals surface area contributed by atoms with Crippen molar-refractivity contribution in [3.05, 3.63) is 28.2 Å². The lowest BCUT2D eigenvalue weighted by molar-refractivity contribution is 0.202. The van der Waals surface area contributed by atoms with Gasteiger partial charge in [-0.15, -0.1) is 0 Å². The van der Waals surface area contributed by atoms with E-state index in [0.29, 0.717) is 6.04 Å². The van der Waals surface area contributed by atoms with E-state index in [1.165, 1.54) is 18.5 Å². The lowest BCUT2D eigenvalue weighted by Crippen LogP contribution is -2.37. The van der Waals surface area contributed by atoms with Gasteiger partial charge >= 0.3 is 0 Å². The highest BCUT2D eigenvalue weighted by Crippen LogP contribution is 2.39. The third kappa shape index (κ3) is 3.74. The minimum absolute atomic E-state index is 0.0635. The van der Waals surface area contributed by atoms with Crippen LogP contribution in [0.5, 0.6) is 0 Å². The summed E-state index contributed by atoms with van der Waals surface area (Å²) in [6.45, 7) is 6.00. The summed E-state index contributed by atoms with van der Waals surface area (Å²) in [7, 11) is 1.76. The number of anilines is 1. The quantitative estimate of drug-likeness (QED) is 0.821. The number of nitrogens with zero attached hydrogens (tertiary/aromatic N) is 1. The first-order valence-electron chi connectivity index (χ1n) is 7.35. The zero-order valence-corrected chi connectivity index (χ0v) is 14.2. The molecule has 1 aromatic carbocycles. The molecule has 3 nitrogen and oxygen atoms in total. The number of nitrogens with two attached hydrogens (primary N) is 1. The Balaban J connectivity index is 2.22. The van der Waals surface area contributed by atoms with E-state index >= 15 is 0 Å². The molecule has 1 aliphatic carbocycles. The SMILES string of the molecule is COCCN(c1ccc(C(C)N)cc1Br)C(C)C1CC1. The second-order valence-corrected chi connectivity index (χ2v) is 6.62. The first-order chi connectivity index (χ1) is 9.54. The van der Waals surface area contributed by atoms with Crippen molar-refractivity contribution in [3.63, 3.8) is 0 Å². The fourth-order valence-corrected chi connectivity index (χ4v) is 3.23. The third-order valence-corrected chi connectivity index (χ3v) is 4.77. The molecule has 0 heterocycles. The lowest BCUT2D eigenvalue weighted by Gasteiger charge is -2.32. The van der Waals surface area contributed by atoms with Crippen LogP contribution in [0.15, 0.2) is 22.7 Å². The van der Waals surface area contributed by atoms with Crippen molar-refractivity contribution < 1.29 is 4.74 Å². The van der Waals surface area contributed by atoms with E-state index in [-0.39, 0.29) is 6.04 Å². The fourth-order valence-electron chi connectivity index (χ4n) is 2.61. The summed E-state index contributed by atoms with van der Waals surface area (Å²) in [5.74, 6) is 0.826. The smallest absolute Gasteiger partial charge is 0.0637 e. The number of halogens is 1. The number of ether oxygens (including phenoxy) is 1. The van der Waals surface area contributed by atoms with E-state index < -0.39 is 0 Å². The molecule has 2 unspecified atom stereocenters. The summed E-state index contributed by atoms with van der Waals surface area (Å²) < 4.78 is 6.39. The average Bonchev–Trinajstić information content (AvgIpc) is 3.24. The van der Waals surface area contributed by atoms with E-state index in [9.17, 15) is 0 Å². The number of benzene rings is 1. The Labute approximate surface area is 130 Å². The highest BCUT2D eigenvalue weighted by Gasteiger charge is 2.32. The average molecular weight is 341 g/mol. The van der Waals surface area contributed by atoms with Gasteiger partial charge in [0.25, 0.3) is 0 Å². The second-order valence-electron chi connectivity index (χ2n) is 5.76. The lowest BCUT2D eigenvalue weighted by atomic mass is 10.1. The van der Waals surface area contributed by atoms with Crippen molar-refractivity contribution in [2.45, 2.75) is 38.8 Å². The van der Waals surface area contributed by atoms with Crippen LogP contribution in [0.2, 0.25) is 0 Å². The van der Waals surface area contributed by atoms with E-state index in [1.54, 1.807) is 7.11 Å². The Morgan fingerprint density at radius 3 is 2.60 bits per heavy atom. The standard InChI is InChI=1S/C16H25BrN2O/c1-11(18)14-6-7-16(15(17)10-14)19(8-9-20-3)12(2)13-4-5-13/h6-7,10-13H,4-5,8-9,18H2,1-3H3. The molecule has 0 bridgehead atoms. The zero-order chi connectivity index (χ0) is 14.7. The molecule has 2 N–H and O–H groups in total. The number of hydrogen-bond donors (Lipinski definition) is 1. The summed E-state index contributed by atoms with van der Waals surface area (Å²) in [5.41, 5.74) is 8.35. The second kappa shape index (κ2) is 6.92. The Hall–Kier alpha value is -0.580. The minimum Gasteiger partial charge on any atom is -0.383 e. The van der Waals surface area contributed by atoms with Gasteiger partial charge < -0.3 is 15.4 Å². The van der Waals surface area contributed by atoms with Gasteiger partial charge in [0, 0.05) is 30.2 Å². The van der Waals surface area contributed by atoms with Gasteiger partial charge in [0.2, 0.25) is 0 Å². The topological polar surface area (TPSA) is 38.5 Å². The minimum atomic E-state index is 0.0635. The molecule has 2 rings (SSSR count). The monoisotopic (exact) mass is 340 g/mol. The highest BCUT2D eigenvalue weighted by atomic mass is 79.9. The van der Waals surface area contributed by atoms with Gasteiger partial charge in [-0.2, -0.15) is 0 Å². The molecular formula is C16H25BrN2O. The summed E-state index contributed by atoms with van der Waals surface area (Å²) in [6, 6.07) is 7.07. The number of hydrogen-bond acceptors (Lipinski definition) is 3. The van der Waals surface area contributed by atoms with E-state index in [2.05, 4.69) is 46.0 Å². The van der Waals surface area contributed by atoms with Crippen LogP contribution in [0.4, 0.5) is 5.69 Å². The molecule has 0 radical (unpaired) electrons. The molecule has 1 aromatic rings. The van der Waals surface area contributed by atoms with E-state index in [4.69, 9.17) is 10.5 Å². The Kier molecular flexibility index (Phi) is 5.47.